The SMILES string of the molecule is COc1ccc(N(CC(=O)N(Cc2ccc(Cl)cc2Cl)[C@H](Cc2ccccc2)C(=O)NC2CCCC2)S(C)(=O)=O)cc1OC. The van der Waals surface area contributed by atoms with Gasteiger partial charge in [-0.1, -0.05) is 72.4 Å². The number of carbonyl (C=O) groups is 2. The first-order chi connectivity index (χ1) is 21.0. The summed E-state index contributed by atoms with van der Waals surface area (Å²) in [6.45, 7) is -0.616. The van der Waals surface area contributed by atoms with Crippen LogP contribution in [-0.2, 0) is 32.6 Å². The minimum absolute atomic E-state index is 0.0103. The maximum Gasteiger partial charge on any atom is 0.244 e. The minimum atomic E-state index is -3.96. The third kappa shape index (κ3) is 8.58. The number of hydrogen-bond acceptors (Lipinski definition) is 6. The van der Waals surface area contributed by atoms with E-state index in [2.05, 4.69) is 5.32 Å². The lowest BCUT2D eigenvalue weighted by atomic mass is 10.0. The van der Waals surface area contributed by atoms with Crippen LogP contribution in [0.3, 0.4) is 0 Å². The summed E-state index contributed by atoms with van der Waals surface area (Å²) in [7, 11) is -1.05. The molecule has 0 aliphatic heterocycles. The van der Waals surface area contributed by atoms with Crippen LogP contribution in [0, 0.1) is 0 Å². The van der Waals surface area contributed by atoms with E-state index in [1.54, 1.807) is 24.3 Å². The molecule has 12 heteroatoms. The molecule has 1 fully saturated rings. The van der Waals surface area contributed by atoms with Crippen molar-refractivity contribution in [1.29, 1.82) is 0 Å². The van der Waals surface area contributed by atoms with E-state index in [0.29, 0.717) is 27.1 Å². The molecule has 0 aromatic heterocycles. The predicted octanol–water partition coefficient (Wildman–Crippen LogP) is 5.48. The molecule has 1 saturated carbocycles. The number of methoxy groups -OCH3 is 2. The highest BCUT2D eigenvalue weighted by Crippen LogP contribution is 2.33. The highest BCUT2D eigenvalue weighted by Gasteiger charge is 2.34. The zero-order valence-electron chi connectivity index (χ0n) is 25.0. The molecule has 1 atom stereocenters. The summed E-state index contributed by atoms with van der Waals surface area (Å²) in [6, 6.07) is 17.9. The first-order valence-electron chi connectivity index (χ1n) is 14.3. The summed E-state index contributed by atoms with van der Waals surface area (Å²) < 4.78 is 37.8. The molecule has 2 amide bonds. The first kappa shape index (κ1) is 33.4. The van der Waals surface area contributed by atoms with Gasteiger partial charge in [-0.25, -0.2) is 8.42 Å². The predicted molar refractivity (Wildman–Crippen MR) is 173 cm³/mol. The Labute approximate surface area is 269 Å². The lowest BCUT2D eigenvalue weighted by Gasteiger charge is -2.34. The van der Waals surface area contributed by atoms with Gasteiger partial charge in [0.1, 0.15) is 12.6 Å². The molecule has 4 rings (SSSR count). The number of amides is 2. The van der Waals surface area contributed by atoms with Crippen molar-refractivity contribution in [3.63, 3.8) is 0 Å². The van der Waals surface area contributed by atoms with Gasteiger partial charge in [0.05, 0.1) is 26.2 Å². The summed E-state index contributed by atoms with van der Waals surface area (Å²) in [5.74, 6) is -0.190. The quantitative estimate of drug-likeness (QED) is 0.260. The Balaban J connectivity index is 1.76. The lowest BCUT2D eigenvalue weighted by Crippen LogP contribution is -2.54. The molecule has 236 valence electrons. The topological polar surface area (TPSA) is 105 Å². The summed E-state index contributed by atoms with van der Waals surface area (Å²) >= 11 is 12.7. The fraction of sp³-hybridized carbons (Fsp3) is 0.375. The van der Waals surface area contributed by atoms with Crippen LogP contribution in [0.5, 0.6) is 11.5 Å². The van der Waals surface area contributed by atoms with E-state index in [0.717, 1.165) is 41.8 Å². The van der Waals surface area contributed by atoms with Crippen LogP contribution in [0.15, 0.2) is 66.7 Å². The molecule has 1 aliphatic rings. The Bertz CT molecular complexity index is 1570. The Morgan fingerprint density at radius 3 is 2.25 bits per heavy atom. The fourth-order valence-corrected chi connectivity index (χ4v) is 6.66. The molecule has 1 aliphatic carbocycles. The van der Waals surface area contributed by atoms with Gasteiger partial charge in [-0.05, 0) is 48.2 Å². The highest BCUT2D eigenvalue weighted by atomic mass is 35.5. The zero-order chi connectivity index (χ0) is 31.9. The number of nitrogens with zero attached hydrogens (tertiary/aromatic N) is 2. The number of anilines is 1. The van der Waals surface area contributed by atoms with Crippen LogP contribution in [0.4, 0.5) is 5.69 Å². The second-order valence-corrected chi connectivity index (χ2v) is 13.5. The van der Waals surface area contributed by atoms with Crippen LogP contribution < -0.4 is 19.1 Å². The molecule has 0 heterocycles. The Morgan fingerprint density at radius 1 is 0.955 bits per heavy atom. The normalized spacial score (nSPS) is 14.1. The molecule has 1 N–H and O–H groups in total. The Hall–Kier alpha value is -3.47. The van der Waals surface area contributed by atoms with Gasteiger partial charge in [0.25, 0.3) is 0 Å². The first-order valence-corrected chi connectivity index (χ1v) is 16.9. The minimum Gasteiger partial charge on any atom is -0.493 e. The highest BCUT2D eigenvalue weighted by molar-refractivity contribution is 7.92. The van der Waals surface area contributed by atoms with Crippen LogP contribution in [0.2, 0.25) is 10.0 Å². The molecule has 0 radical (unpaired) electrons. The average molecular weight is 663 g/mol. The van der Waals surface area contributed by atoms with Gasteiger partial charge in [0, 0.05) is 35.1 Å². The molecular formula is C32H37Cl2N3O6S. The maximum absolute atomic E-state index is 14.3. The monoisotopic (exact) mass is 661 g/mol. The van der Waals surface area contributed by atoms with E-state index >= 15 is 0 Å². The van der Waals surface area contributed by atoms with Crippen LogP contribution in [0.1, 0.15) is 36.8 Å². The van der Waals surface area contributed by atoms with Gasteiger partial charge in [0.15, 0.2) is 11.5 Å². The van der Waals surface area contributed by atoms with Crippen molar-refractivity contribution < 1.29 is 27.5 Å². The number of hydrogen-bond donors (Lipinski definition) is 1. The lowest BCUT2D eigenvalue weighted by molar-refractivity contribution is -0.140. The largest absolute Gasteiger partial charge is 0.493 e. The van der Waals surface area contributed by atoms with Gasteiger partial charge in [-0.15, -0.1) is 0 Å². The van der Waals surface area contributed by atoms with E-state index in [1.807, 2.05) is 30.3 Å². The van der Waals surface area contributed by atoms with Gasteiger partial charge in [-0.3, -0.25) is 13.9 Å². The molecule has 0 bridgehead atoms. The Kier molecular flexibility index (Phi) is 11.4. The molecular weight excluding hydrogens is 625 g/mol. The number of nitrogens with one attached hydrogen (secondary N) is 1. The van der Waals surface area contributed by atoms with Crippen molar-refractivity contribution in [3.8, 4) is 11.5 Å². The van der Waals surface area contributed by atoms with Gasteiger partial charge in [-0.2, -0.15) is 0 Å². The smallest absolute Gasteiger partial charge is 0.244 e. The number of sulfonamides is 1. The number of carbonyl (C=O) groups excluding carboxylic acids is 2. The maximum atomic E-state index is 14.3. The molecule has 0 saturated heterocycles. The molecule has 44 heavy (non-hydrogen) atoms. The van der Waals surface area contributed by atoms with Crippen molar-refractivity contribution in [1.82, 2.24) is 10.2 Å². The van der Waals surface area contributed by atoms with Crippen molar-refractivity contribution in [2.45, 2.75) is 50.7 Å². The van der Waals surface area contributed by atoms with Crippen molar-refractivity contribution in [3.05, 3.63) is 87.9 Å². The Morgan fingerprint density at radius 2 is 1.64 bits per heavy atom. The molecule has 0 spiro atoms. The average Bonchev–Trinajstić information content (AvgIpc) is 3.51. The van der Waals surface area contributed by atoms with Crippen molar-refractivity contribution >= 4 is 50.7 Å². The summed E-state index contributed by atoms with van der Waals surface area (Å²) in [4.78, 5) is 29.7. The molecule has 3 aromatic rings. The van der Waals surface area contributed by atoms with E-state index in [-0.39, 0.29) is 30.6 Å². The number of rotatable bonds is 13. The van der Waals surface area contributed by atoms with E-state index in [1.165, 1.54) is 31.3 Å². The van der Waals surface area contributed by atoms with E-state index in [4.69, 9.17) is 32.7 Å². The van der Waals surface area contributed by atoms with Crippen LogP contribution in [0.25, 0.3) is 0 Å². The number of ether oxygens (including phenoxy) is 2. The second-order valence-electron chi connectivity index (χ2n) is 10.8. The van der Waals surface area contributed by atoms with Crippen LogP contribution in [-0.4, -0.2) is 64.2 Å². The molecule has 0 unspecified atom stereocenters. The standard InChI is InChI=1S/C32H37Cl2N3O6S/c1-42-29-16-15-26(19-30(29)43-2)37(44(3,40)41)21-31(38)36(20-23-13-14-24(33)18-27(23)34)28(17-22-9-5-4-6-10-22)32(39)35-25-11-7-8-12-25/h4-6,9-10,13-16,18-19,25,28H,7-8,11-12,17,20-21H2,1-3H3,(H,35,39)/t28-/m1/s1. The van der Waals surface area contributed by atoms with Crippen molar-refractivity contribution in [2.24, 2.45) is 0 Å². The zero-order valence-corrected chi connectivity index (χ0v) is 27.3. The van der Waals surface area contributed by atoms with Gasteiger partial charge in [0.2, 0.25) is 21.8 Å². The second kappa shape index (κ2) is 15.0. The summed E-state index contributed by atoms with van der Waals surface area (Å²) in [6.07, 6.45) is 5.00. The number of halogens is 2. The fourth-order valence-electron chi connectivity index (χ4n) is 5.35. The van der Waals surface area contributed by atoms with Gasteiger partial charge >= 0.3 is 0 Å². The van der Waals surface area contributed by atoms with Crippen molar-refractivity contribution in [2.75, 3.05) is 31.3 Å². The van der Waals surface area contributed by atoms with E-state index < -0.39 is 28.5 Å². The molecule has 9 nitrogen and oxygen atoms in total. The van der Waals surface area contributed by atoms with Gasteiger partial charge < -0.3 is 19.7 Å². The number of benzene rings is 3. The summed E-state index contributed by atoms with van der Waals surface area (Å²) in [5.41, 5.74) is 1.62. The molecule has 3 aromatic carbocycles. The third-order valence-corrected chi connectivity index (χ3v) is 9.39. The third-order valence-electron chi connectivity index (χ3n) is 7.66. The summed E-state index contributed by atoms with van der Waals surface area (Å²) in [5, 5.41) is 3.89. The van der Waals surface area contributed by atoms with E-state index in [9.17, 15) is 18.0 Å². The van der Waals surface area contributed by atoms with Crippen LogP contribution >= 0.6 is 23.2 Å².